The maximum absolute atomic E-state index is 11.9. The summed E-state index contributed by atoms with van der Waals surface area (Å²) in [5, 5.41) is 18.4. The highest BCUT2D eigenvalue weighted by Crippen LogP contribution is 2.21. The Morgan fingerprint density at radius 2 is 1.81 bits per heavy atom. The number of hydrogen-bond acceptors (Lipinski definition) is 7. The molecule has 8 nitrogen and oxygen atoms in total. The number of nitrogens with zero attached hydrogens (tertiary/aromatic N) is 1. The van der Waals surface area contributed by atoms with Gasteiger partial charge in [-0.3, -0.25) is 9.59 Å². The molecule has 0 saturated heterocycles. The number of rotatable bonds is 9. The maximum atomic E-state index is 11.9. The van der Waals surface area contributed by atoms with Gasteiger partial charge < -0.3 is 20.3 Å². The third kappa shape index (κ3) is 12.0. The van der Waals surface area contributed by atoms with Crippen LogP contribution in [0.2, 0.25) is 0 Å². The summed E-state index contributed by atoms with van der Waals surface area (Å²) < 4.78 is 36.7. The molecular weight excluding hydrogens is 413 g/mol. The van der Waals surface area contributed by atoms with Gasteiger partial charge in [-0.1, -0.05) is 21.6 Å². The lowest BCUT2D eigenvalue weighted by molar-refractivity contribution is -0.192. The minimum Gasteiger partial charge on any atom is -0.481 e. The quantitative estimate of drug-likeness (QED) is 0.400. The highest BCUT2D eigenvalue weighted by Gasteiger charge is 2.38. The summed E-state index contributed by atoms with van der Waals surface area (Å²) in [4.78, 5) is 35.0. The van der Waals surface area contributed by atoms with Gasteiger partial charge in [0.25, 0.3) is 5.91 Å². The average Bonchev–Trinajstić information content (AvgIpc) is 2.60. The third-order valence-electron chi connectivity index (χ3n) is 2.41. The minimum atomic E-state index is -5.08. The highest BCUT2D eigenvalue weighted by atomic mass is 33.1. The first-order valence-electron chi connectivity index (χ1n) is 7.13. The lowest BCUT2D eigenvalue weighted by atomic mass is 10.2. The van der Waals surface area contributed by atoms with E-state index in [1.807, 2.05) is 0 Å². The van der Waals surface area contributed by atoms with Gasteiger partial charge in [0, 0.05) is 24.2 Å². The van der Waals surface area contributed by atoms with Crippen molar-refractivity contribution in [3.63, 3.8) is 0 Å². The third-order valence-corrected chi connectivity index (χ3v) is 4.81. The fourth-order valence-corrected chi connectivity index (χ4v) is 3.16. The lowest BCUT2D eigenvalue weighted by Gasteiger charge is -2.07. The molecule has 1 heterocycles. The SMILES string of the molecule is COc1ncccc1C(=O)NCCSSCCC(=O)O.O=C(O)C(F)(F)F. The number of aromatic nitrogens is 1. The minimum absolute atomic E-state index is 0.150. The summed E-state index contributed by atoms with van der Waals surface area (Å²) in [5.74, 6) is -2.22. The van der Waals surface area contributed by atoms with E-state index in [-0.39, 0.29) is 12.3 Å². The predicted molar refractivity (Wildman–Crippen MR) is 94.0 cm³/mol. The molecule has 3 N–H and O–H groups in total. The second-order valence-electron chi connectivity index (χ2n) is 4.41. The summed E-state index contributed by atoms with van der Waals surface area (Å²) in [5.41, 5.74) is 0.401. The second kappa shape index (κ2) is 13.1. The fraction of sp³-hybridized carbons (Fsp3) is 0.429. The number of amides is 1. The number of methoxy groups -OCH3 is 1. The van der Waals surface area contributed by atoms with Crippen LogP contribution in [0.4, 0.5) is 13.2 Å². The number of alkyl halides is 3. The van der Waals surface area contributed by atoms with Gasteiger partial charge >= 0.3 is 18.1 Å². The molecule has 0 fully saturated rings. The molecule has 0 spiro atoms. The van der Waals surface area contributed by atoms with E-state index in [9.17, 15) is 22.8 Å². The van der Waals surface area contributed by atoms with Crippen LogP contribution in [-0.2, 0) is 9.59 Å². The van der Waals surface area contributed by atoms with Crippen molar-refractivity contribution in [3.8, 4) is 5.88 Å². The summed E-state index contributed by atoms with van der Waals surface area (Å²) in [6.45, 7) is 0.502. The number of ether oxygens (including phenoxy) is 1. The standard InChI is InChI=1S/C12H16N2O4S2.C2HF3O2/c1-18-12-9(3-2-5-14-12)11(17)13-6-8-20-19-7-4-10(15)16;3-2(4,5)1(6)7/h2-3,5H,4,6-8H2,1H3,(H,13,17)(H,15,16);(H,6,7). The van der Waals surface area contributed by atoms with Crippen LogP contribution in [0.3, 0.4) is 0 Å². The Balaban J connectivity index is 0.000000821. The van der Waals surface area contributed by atoms with Crippen LogP contribution in [-0.4, -0.2) is 64.4 Å². The van der Waals surface area contributed by atoms with Gasteiger partial charge in [0.05, 0.1) is 13.5 Å². The zero-order valence-corrected chi connectivity index (χ0v) is 15.6. The number of nitrogens with one attached hydrogen (secondary N) is 1. The number of hydrogen-bond donors (Lipinski definition) is 3. The van der Waals surface area contributed by atoms with Crippen LogP contribution in [0.25, 0.3) is 0 Å². The molecule has 0 bridgehead atoms. The number of pyridine rings is 1. The molecular formula is C14H17F3N2O6S2. The largest absolute Gasteiger partial charge is 0.490 e. The second-order valence-corrected chi connectivity index (χ2v) is 7.11. The molecule has 0 unspecified atom stereocenters. The van der Waals surface area contributed by atoms with Gasteiger partial charge in [-0.2, -0.15) is 13.2 Å². The van der Waals surface area contributed by atoms with Crippen LogP contribution in [0.5, 0.6) is 5.88 Å². The van der Waals surface area contributed by atoms with Crippen LogP contribution in [0.15, 0.2) is 18.3 Å². The Morgan fingerprint density at radius 3 is 2.33 bits per heavy atom. The first-order chi connectivity index (χ1) is 12.6. The summed E-state index contributed by atoms with van der Waals surface area (Å²) in [6.07, 6.45) is -3.37. The number of carbonyl (C=O) groups excluding carboxylic acids is 1. The van der Waals surface area contributed by atoms with Crippen molar-refractivity contribution in [2.75, 3.05) is 25.2 Å². The molecule has 1 aromatic heterocycles. The van der Waals surface area contributed by atoms with Gasteiger partial charge in [0.15, 0.2) is 0 Å². The zero-order chi connectivity index (χ0) is 20.9. The van der Waals surface area contributed by atoms with Gasteiger partial charge in [0.2, 0.25) is 5.88 Å². The molecule has 0 radical (unpaired) electrons. The molecule has 0 aliphatic heterocycles. The first-order valence-corrected chi connectivity index (χ1v) is 9.62. The van der Waals surface area contributed by atoms with Crippen molar-refractivity contribution >= 4 is 39.4 Å². The van der Waals surface area contributed by atoms with E-state index in [0.717, 1.165) is 0 Å². The van der Waals surface area contributed by atoms with Crippen molar-refractivity contribution in [1.82, 2.24) is 10.3 Å². The molecule has 0 atom stereocenters. The van der Waals surface area contributed by atoms with Crippen molar-refractivity contribution < 1.29 is 42.5 Å². The Hall–Kier alpha value is -2.15. The van der Waals surface area contributed by atoms with E-state index in [1.54, 1.807) is 18.3 Å². The summed E-state index contributed by atoms with van der Waals surface area (Å²) in [6, 6.07) is 3.32. The van der Waals surface area contributed by atoms with Gasteiger partial charge in [0.1, 0.15) is 5.56 Å². The topological polar surface area (TPSA) is 126 Å². The molecule has 152 valence electrons. The highest BCUT2D eigenvalue weighted by molar-refractivity contribution is 8.76. The lowest BCUT2D eigenvalue weighted by Crippen LogP contribution is -2.26. The van der Waals surface area contributed by atoms with Gasteiger partial charge in [-0.25, -0.2) is 9.78 Å². The van der Waals surface area contributed by atoms with Crippen molar-refractivity contribution in [1.29, 1.82) is 0 Å². The molecule has 0 aliphatic carbocycles. The van der Waals surface area contributed by atoms with Crippen molar-refractivity contribution in [2.45, 2.75) is 12.6 Å². The summed E-state index contributed by atoms with van der Waals surface area (Å²) in [7, 11) is 4.48. The molecule has 0 aliphatic rings. The van der Waals surface area contributed by atoms with E-state index in [1.165, 1.54) is 28.7 Å². The van der Waals surface area contributed by atoms with E-state index < -0.39 is 18.1 Å². The average molecular weight is 430 g/mol. The van der Waals surface area contributed by atoms with Crippen molar-refractivity contribution in [2.24, 2.45) is 0 Å². The van der Waals surface area contributed by atoms with Crippen LogP contribution < -0.4 is 10.1 Å². The molecule has 13 heteroatoms. The maximum Gasteiger partial charge on any atom is 0.490 e. The molecule has 27 heavy (non-hydrogen) atoms. The van der Waals surface area contributed by atoms with Gasteiger partial charge in [-0.15, -0.1) is 0 Å². The van der Waals surface area contributed by atoms with Crippen LogP contribution in [0.1, 0.15) is 16.8 Å². The Labute approximate surface area is 160 Å². The number of carbonyl (C=O) groups is 3. The Morgan fingerprint density at radius 1 is 1.22 bits per heavy atom. The monoisotopic (exact) mass is 430 g/mol. The number of halogens is 3. The Bertz CT molecular complexity index is 631. The predicted octanol–water partition coefficient (Wildman–Crippen LogP) is 2.31. The van der Waals surface area contributed by atoms with E-state index >= 15 is 0 Å². The van der Waals surface area contributed by atoms with Crippen molar-refractivity contribution in [3.05, 3.63) is 23.9 Å². The molecule has 0 saturated carbocycles. The van der Waals surface area contributed by atoms with Crippen LogP contribution >= 0.6 is 21.6 Å². The number of aliphatic carboxylic acids is 2. The summed E-state index contributed by atoms with van der Waals surface area (Å²) >= 11 is 0. The zero-order valence-electron chi connectivity index (χ0n) is 14.0. The fourth-order valence-electron chi connectivity index (χ4n) is 1.27. The molecule has 1 rings (SSSR count). The first kappa shape index (κ1) is 24.8. The van der Waals surface area contributed by atoms with E-state index in [4.69, 9.17) is 19.7 Å². The van der Waals surface area contributed by atoms with Crippen LogP contribution in [0, 0.1) is 0 Å². The smallest absolute Gasteiger partial charge is 0.481 e. The molecule has 0 aromatic carbocycles. The van der Waals surface area contributed by atoms with Gasteiger partial charge in [-0.05, 0) is 12.1 Å². The van der Waals surface area contributed by atoms with E-state index in [0.29, 0.717) is 29.5 Å². The molecule has 1 aromatic rings. The molecule has 1 amide bonds. The Kier molecular flexibility index (Phi) is 12.0. The number of carboxylic acid groups (broad SMARTS) is 2. The number of carboxylic acids is 2. The normalized spacial score (nSPS) is 10.4. The van der Waals surface area contributed by atoms with E-state index in [2.05, 4.69) is 10.3 Å².